The molecule has 7 nitrogen and oxygen atoms in total. The van der Waals surface area contributed by atoms with Gasteiger partial charge >= 0.3 is 0 Å². The van der Waals surface area contributed by atoms with Gasteiger partial charge in [0.25, 0.3) is 11.6 Å². The first-order chi connectivity index (χ1) is 14.3. The fourth-order valence-corrected chi connectivity index (χ4v) is 3.96. The Balaban J connectivity index is 1.74. The highest BCUT2D eigenvalue weighted by atomic mass is 35.5. The second-order valence-corrected chi connectivity index (χ2v) is 8.29. The van der Waals surface area contributed by atoms with Crippen LogP contribution in [-0.2, 0) is 0 Å². The average Bonchev–Trinajstić information content (AvgIpc) is 2.72. The molecule has 2 N–H and O–H groups in total. The topological polar surface area (TPSA) is 87.5 Å². The van der Waals surface area contributed by atoms with Crippen molar-refractivity contribution in [1.82, 2.24) is 5.32 Å². The van der Waals surface area contributed by atoms with Gasteiger partial charge in [-0.15, -0.1) is 0 Å². The van der Waals surface area contributed by atoms with Crippen molar-refractivity contribution in [1.29, 1.82) is 0 Å². The first-order valence-electron chi connectivity index (χ1n) is 9.06. The minimum atomic E-state index is -0.586. The van der Waals surface area contributed by atoms with Crippen LogP contribution in [0.3, 0.4) is 0 Å². The highest BCUT2D eigenvalue weighted by Crippen LogP contribution is 2.33. The van der Waals surface area contributed by atoms with E-state index in [4.69, 9.17) is 47.0 Å². The average molecular weight is 488 g/mol. The number of nitro benzene ring substituents is 1. The summed E-state index contributed by atoms with van der Waals surface area (Å²) in [5.41, 5.74) is 0.880. The molecule has 0 unspecified atom stereocenters. The number of halogens is 3. The zero-order valence-electron chi connectivity index (χ0n) is 15.6. The molecule has 1 aliphatic rings. The summed E-state index contributed by atoms with van der Waals surface area (Å²) in [6, 6.07) is 7.32. The number of rotatable bonds is 4. The lowest BCUT2D eigenvalue weighted by Gasteiger charge is -2.28. The number of thiocarbonyl (C=S) groups is 1. The maximum atomic E-state index is 12.6. The van der Waals surface area contributed by atoms with Gasteiger partial charge in [0.1, 0.15) is 5.69 Å². The SMILES string of the molecule is O=C(NC(=S)Nc1cc(Cl)c(Cl)cc1Cl)c1ccc(N2CCCCC2)c([N+](=O)[O-])c1. The van der Waals surface area contributed by atoms with Crippen LogP contribution in [0.15, 0.2) is 30.3 Å². The zero-order chi connectivity index (χ0) is 21.8. The van der Waals surface area contributed by atoms with E-state index >= 15 is 0 Å². The number of hydrogen-bond acceptors (Lipinski definition) is 5. The van der Waals surface area contributed by atoms with E-state index in [-0.39, 0.29) is 31.4 Å². The van der Waals surface area contributed by atoms with E-state index in [0.29, 0.717) is 11.4 Å². The molecule has 3 rings (SSSR count). The van der Waals surface area contributed by atoms with Crippen LogP contribution in [0, 0.1) is 10.1 Å². The fourth-order valence-electron chi connectivity index (χ4n) is 3.16. The molecule has 0 spiro atoms. The zero-order valence-corrected chi connectivity index (χ0v) is 18.7. The van der Waals surface area contributed by atoms with Crippen LogP contribution < -0.4 is 15.5 Å². The third-order valence-corrected chi connectivity index (χ3v) is 5.86. The molecule has 0 bridgehead atoms. The van der Waals surface area contributed by atoms with Crippen molar-refractivity contribution in [2.24, 2.45) is 0 Å². The van der Waals surface area contributed by atoms with Crippen LogP contribution in [0.5, 0.6) is 0 Å². The first kappa shape index (κ1) is 22.6. The van der Waals surface area contributed by atoms with Crippen LogP contribution in [0.4, 0.5) is 17.1 Å². The minimum absolute atomic E-state index is 0.0388. The molecular formula is C19H17Cl3N4O3S. The molecule has 0 atom stereocenters. The Morgan fingerprint density at radius 2 is 1.70 bits per heavy atom. The predicted octanol–water partition coefficient (Wildman–Crippen LogP) is 5.67. The van der Waals surface area contributed by atoms with Gasteiger partial charge in [-0.2, -0.15) is 0 Å². The van der Waals surface area contributed by atoms with E-state index in [1.165, 1.54) is 18.2 Å². The normalized spacial score (nSPS) is 13.6. The molecule has 0 saturated carbocycles. The van der Waals surface area contributed by atoms with Crippen molar-refractivity contribution in [3.8, 4) is 0 Å². The van der Waals surface area contributed by atoms with Crippen molar-refractivity contribution in [3.63, 3.8) is 0 Å². The van der Waals surface area contributed by atoms with Gasteiger partial charge in [0, 0.05) is 24.7 Å². The quantitative estimate of drug-likeness (QED) is 0.250. The number of piperidine rings is 1. The van der Waals surface area contributed by atoms with Gasteiger partial charge in [-0.05, 0) is 55.7 Å². The molecule has 30 heavy (non-hydrogen) atoms. The number of hydrogen-bond donors (Lipinski definition) is 2. The molecule has 0 aromatic heterocycles. The summed E-state index contributed by atoms with van der Waals surface area (Å²) in [6.07, 6.45) is 3.07. The molecule has 0 aliphatic carbocycles. The molecule has 1 saturated heterocycles. The third-order valence-electron chi connectivity index (χ3n) is 4.62. The van der Waals surface area contributed by atoms with E-state index in [0.717, 1.165) is 32.4 Å². The number of carbonyl (C=O) groups excluding carboxylic acids is 1. The largest absolute Gasteiger partial charge is 0.366 e. The lowest BCUT2D eigenvalue weighted by molar-refractivity contribution is -0.384. The first-order valence-corrected chi connectivity index (χ1v) is 10.6. The summed E-state index contributed by atoms with van der Waals surface area (Å²) in [4.78, 5) is 25.6. The third kappa shape index (κ3) is 5.31. The summed E-state index contributed by atoms with van der Waals surface area (Å²) in [5, 5.41) is 17.6. The maximum absolute atomic E-state index is 12.6. The number of nitrogens with zero attached hydrogens (tertiary/aromatic N) is 2. The number of nitro groups is 1. The summed E-state index contributed by atoms with van der Waals surface area (Å²) in [7, 11) is 0. The molecule has 1 amide bonds. The van der Waals surface area contributed by atoms with Crippen molar-refractivity contribution < 1.29 is 9.72 Å². The van der Waals surface area contributed by atoms with Crippen LogP contribution in [0.2, 0.25) is 15.1 Å². The standard InChI is InChI=1S/C19H17Cl3N4O3S/c20-12-9-14(22)15(10-13(12)21)23-19(30)24-18(27)11-4-5-16(17(8-11)26(28)29)25-6-2-1-3-7-25/h4-5,8-10H,1-3,6-7H2,(H2,23,24,27,30). The molecule has 1 aliphatic heterocycles. The van der Waals surface area contributed by atoms with Crippen molar-refractivity contribution in [3.05, 3.63) is 61.1 Å². The Morgan fingerprint density at radius 3 is 2.37 bits per heavy atom. The van der Waals surface area contributed by atoms with E-state index in [2.05, 4.69) is 10.6 Å². The summed E-state index contributed by atoms with van der Waals surface area (Å²) >= 11 is 23.1. The van der Waals surface area contributed by atoms with Crippen LogP contribution in [-0.4, -0.2) is 29.0 Å². The number of nitrogens with one attached hydrogen (secondary N) is 2. The van der Waals surface area contributed by atoms with Gasteiger partial charge in [0.2, 0.25) is 0 Å². The van der Waals surface area contributed by atoms with E-state index in [1.54, 1.807) is 12.1 Å². The van der Waals surface area contributed by atoms with Gasteiger partial charge in [-0.3, -0.25) is 20.2 Å². The Bertz CT molecular complexity index is 1010. The Hall–Kier alpha value is -2.13. The monoisotopic (exact) mass is 486 g/mol. The van der Waals surface area contributed by atoms with E-state index < -0.39 is 10.8 Å². The predicted molar refractivity (Wildman–Crippen MR) is 124 cm³/mol. The molecule has 0 radical (unpaired) electrons. The second kappa shape index (κ2) is 9.78. The summed E-state index contributed by atoms with van der Waals surface area (Å²) in [6.45, 7) is 1.51. The van der Waals surface area contributed by atoms with Gasteiger partial charge in [-0.25, -0.2) is 0 Å². The summed E-state index contributed by atoms with van der Waals surface area (Å²) in [5.74, 6) is -0.586. The molecule has 11 heteroatoms. The van der Waals surface area contributed by atoms with Gasteiger partial charge < -0.3 is 10.2 Å². The second-order valence-electron chi connectivity index (χ2n) is 6.66. The molecular weight excluding hydrogens is 471 g/mol. The smallest absolute Gasteiger partial charge is 0.293 e. The highest BCUT2D eigenvalue weighted by molar-refractivity contribution is 7.80. The summed E-state index contributed by atoms with van der Waals surface area (Å²) < 4.78 is 0. The van der Waals surface area contributed by atoms with Crippen molar-refractivity contribution in [2.45, 2.75) is 19.3 Å². The van der Waals surface area contributed by atoms with Crippen LogP contribution >= 0.6 is 47.0 Å². The Labute approximate surface area is 193 Å². The number of carbonyl (C=O) groups is 1. The van der Waals surface area contributed by atoms with Crippen LogP contribution in [0.1, 0.15) is 29.6 Å². The van der Waals surface area contributed by atoms with Crippen molar-refractivity contribution >= 4 is 75.1 Å². The van der Waals surface area contributed by atoms with E-state index in [9.17, 15) is 14.9 Å². The van der Waals surface area contributed by atoms with E-state index in [1.807, 2.05) is 4.90 Å². The van der Waals surface area contributed by atoms with Crippen molar-refractivity contribution in [2.75, 3.05) is 23.3 Å². The minimum Gasteiger partial charge on any atom is -0.366 e. The molecule has 1 fully saturated rings. The lowest BCUT2D eigenvalue weighted by atomic mass is 10.1. The molecule has 2 aromatic rings. The molecule has 2 aromatic carbocycles. The number of anilines is 2. The Kier molecular flexibility index (Phi) is 7.36. The molecule has 1 heterocycles. The number of benzene rings is 2. The van der Waals surface area contributed by atoms with Crippen LogP contribution in [0.25, 0.3) is 0 Å². The lowest BCUT2D eigenvalue weighted by Crippen LogP contribution is -2.34. The highest BCUT2D eigenvalue weighted by Gasteiger charge is 2.23. The van der Waals surface area contributed by atoms with Gasteiger partial charge in [0.05, 0.1) is 25.7 Å². The van der Waals surface area contributed by atoms with Gasteiger partial charge in [-0.1, -0.05) is 34.8 Å². The fraction of sp³-hybridized carbons (Fsp3) is 0.263. The van der Waals surface area contributed by atoms with Gasteiger partial charge in [0.15, 0.2) is 5.11 Å². The number of amides is 1. The molecule has 158 valence electrons. The maximum Gasteiger partial charge on any atom is 0.293 e. The Morgan fingerprint density at radius 1 is 1.03 bits per heavy atom.